The molecular formula is C12H14Cl2F3N. The van der Waals surface area contributed by atoms with E-state index in [0.717, 1.165) is 0 Å². The SMILES string of the molecule is CCCN(CC(F)(F)F)c1cc(Cl)ccc1CCl. The summed E-state index contributed by atoms with van der Waals surface area (Å²) in [6.45, 7) is 1.14. The molecule has 0 aliphatic rings. The van der Waals surface area contributed by atoms with Crippen LogP contribution in [0.25, 0.3) is 0 Å². The molecule has 0 aliphatic carbocycles. The average molecular weight is 300 g/mol. The van der Waals surface area contributed by atoms with Gasteiger partial charge < -0.3 is 4.90 Å². The van der Waals surface area contributed by atoms with Crippen molar-refractivity contribution in [2.45, 2.75) is 25.4 Å². The Morgan fingerprint density at radius 1 is 1.28 bits per heavy atom. The second-order valence-electron chi connectivity index (χ2n) is 3.94. The minimum absolute atomic E-state index is 0.157. The van der Waals surface area contributed by atoms with Gasteiger partial charge in [0.1, 0.15) is 6.54 Å². The summed E-state index contributed by atoms with van der Waals surface area (Å²) in [5, 5.41) is 0.405. The molecule has 0 radical (unpaired) electrons. The summed E-state index contributed by atoms with van der Waals surface area (Å²) >= 11 is 11.6. The number of alkyl halides is 4. The van der Waals surface area contributed by atoms with Gasteiger partial charge >= 0.3 is 6.18 Å². The molecule has 0 amide bonds. The van der Waals surface area contributed by atoms with Crippen molar-refractivity contribution in [3.63, 3.8) is 0 Å². The third-order valence-electron chi connectivity index (χ3n) is 2.40. The van der Waals surface area contributed by atoms with Gasteiger partial charge in [-0.05, 0) is 24.1 Å². The first-order chi connectivity index (χ1) is 8.37. The van der Waals surface area contributed by atoms with E-state index in [4.69, 9.17) is 23.2 Å². The van der Waals surface area contributed by atoms with Crippen molar-refractivity contribution in [2.75, 3.05) is 18.0 Å². The molecule has 0 unspecified atom stereocenters. The van der Waals surface area contributed by atoms with E-state index in [2.05, 4.69) is 0 Å². The number of hydrogen-bond donors (Lipinski definition) is 0. The molecule has 102 valence electrons. The Morgan fingerprint density at radius 2 is 1.94 bits per heavy atom. The van der Waals surface area contributed by atoms with Gasteiger partial charge in [-0.15, -0.1) is 11.6 Å². The number of halogens is 5. The topological polar surface area (TPSA) is 3.24 Å². The molecule has 0 fully saturated rings. The van der Waals surface area contributed by atoms with Gasteiger partial charge in [0.2, 0.25) is 0 Å². The maximum Gasteiger partial charge on any atom is 0.405 e. The molecule has 0 saturated heterocycles. The maximum absolute atomic E-state index is 12.5. The van der Waals surface area contributed by atoms with Crippen LogP contribution in [0.1, 0.15) is 18.9 Å². The van der Waals surface area contributed by atoms with Crippen molar-refractivity contribution in [1.82, 2.24) is 0 Å². The lowest BCUT2D eigenvalue weighted by molar-refractivity contribution is -0.119. The smallest absolute Gasteiger partial charge is 0.362 e. The molecule has 0 saturated carbocycles. The van der Waals surface area contributed by atoms with Crippen LogP contribution in [0.2, 0.25) is 5.02 Å². The molecule has 0 bridgehead atoms. The lowest BCUT2D eigenvalue weighted by atomic mass is 10.1. The lowest BCUT2D eigenvalue weighted by Gasteiger charge is -2.27. The van der Waals surface area contributed by atoms with E-state index in [-0.39, 0.29) is 5.88 Å². The Kier molecular flexibility index (Phi) is 5.60. The molecule has 1 aromatic carbocycles. The molecule has 0 spiro atoms. The highest BCUT2D eigenvalue weighted by molar-refractivity contribution is 6.31. The Hall–Kier alpha value is -0.610. The van der Waals surface area contributed by atoms with Crippen LogP contribution in [0.5, 0.6) is 0 Å². The van der Waals surface area contributed by atoms with Crippen LogP contribution < -0.4 is 4.90 Å². The fourth-order valence-corrected chi connectivity index (χ4v) is 2.11. The highest BCUT2D eigenvalue weighted by atomic mass is 35.5. The quantitative estimate of drug-likeness (QED) is 0.702. The first kappa shape index (κ1) is 15.4. The van der Waals surface area contributed by atoms with Crippen molar-refractivity contribution in [1.29, 1.82) is 0 Å². The molecule has 0 N–H and O–H groups in total. The summed E-state index contributed by atoms with van der Waals surface area (Å²) in [4.78, 5) is 1.27. The normalized spacial score (nSPS) is 11.7. The van der Waals surface area contributed by atoms with E-state index < -0.39 is 12.7 Å². The largest absolute Gasteiger partial charge is 0.405 e. The zero-order valence-electron chi connectivity index (χ0n) is 9.90. The Labute approximate surface area is 114 Å². The van der Waals surface area contributed by atoms with Crippen molar-refractivity contribution >= 4 is 28.9 Å². The minimum atomic E-state index is -4.25. The van der Waals surface area contributed by atoms with Crippen LogP contribution in [0, 0.1) is 0 Å². The minimum Gasteiger partial charge on any atom is -0.362 e. The molecule has 6 heteroatoms. The van der Waals surface area contributed by atoms with Crippen molar-refractivity contribution < 1.29 is 13.2 Å². The first-order valence-corrected chi connectivity index (χ1v) is 6.44. The van der Waals surface area contributed by atoms with E-state index in [0.29, 0.717) is 29.2 Å². The predicted octanol–water partition coefficient (Wildman–Crippen LogP) is 4.86. The molecule has 1 aromatic rings. The Balaban J connectivity index is 3.07. The Morgan fingerprint density at radius 3 is 2.44 bits per heavy atom. The number of rotatable bonds is 5. The summed E-state index contributed by atoms with van der Waals surface area (Å²) in [5.74, 6) is 0.157. The summed E-state index contributed by atoms with van der Waals surface area (Å²) in [6.07, 6.45) is -3.63. The number of nitrogens with zero attached hydrogens (tertiary/aromatic N) is 1. The molecule has 1 rings (SSSR count). The second-order valence-corrected chi connectivity index (χ2v) is 4.65. The van der Waals surface area contributed by atoms with Crippen LogP contribution >= 0.6 is 23.2 Å². The van der Waals surface area contributed by atoms with Gasteiger partial charge in [-0.2, -0.15) is 13.2 Å². The van der Waals surface area contributed by atoms with Crippen molar-refractivity contribution in [3.05, 3.63) is 28.8 Å². The van der Waals surface area contributed by atoms with Crippen LogP contribution in [-0.4, -0.2) is 19.3 Å². The fraction of sp³-hybridized carbons (Fsp3) is 0.500. The number of hydrogen-bond acceptors (Lipinski definition) is 1. The van der Waals surface area contributed by atoms with Crippen LogP contribution in [0.15, 0.2) is 18.2 Å². The fourth-order valence-electron chi connectivity index (χ4n) is 1.72. The van der Waals surface area contributed by atoms with Crippen LogP contribution in [0.4, 0.5) is 18.9 Å². The van der Waals surface area contributed by atoms with Gasteiger partial charge in [-0.1, -0.05) is 24.6 Å². The van der Waals surface area contributed by atoms with E-state index in [1.807, 2.05) is 6.92 Å². The summed E-state index contributed by atoms with van der Waals surface area (Å²) in [7, 11) is 0. The lowest BCUT2D eigenvalue weighted by Crippen LogP contribution is -2.35. The van der Waals surface area contributed by atoms with Crippen LogP contribution in [-0.2, 0) is 5.88 Å². The highest BCUT2D eigenvalue weighted by Crippen LogP contribution is 2.29. The average Bonchev–Trinajstić information content (AvgIpc) is 2.26. The third kappa shape index (κ3) is 4.58. The van der Waals surface area contributed by atoms with E-state index in [9.17, 15) is 13.2 Å². The number of benzene rings is 1. The highest BCUT2D eigenvalue weighted by Gasteiger charge is 2.31. The van der Waals surface area contributed by atoms with Crippen LogP contribution in [0.3, 0.4) is 0 Å². The monoisotopic (exact) mass is 299 g/mol. The molecule has 0 aromatic heterocycles. The molecule has 0 atom stereocenters. The Bertz CT molecular complexity index is 393. The van der Waals surface area contributed by atoms with E-state index in [1.165, 1.54) is 11.0 Å². The zero-order valence-corrected chi connectivity index (χ0v) is 11.4. The second kappa shape index (κ2) is 6.53. The van der Waals surface area contributed by atoms with E-state index >= 15 is 0 Å². The van der Waals surface area contributed by atoms with Crippen molar-refractivity contribution in [2.24, 2.45) is 0 Å². The van der Waals surface area contributed by atoms with Gasteiger partial charge in [0.15, 0.2) is 0 Å². The van der Waals surface area contributed by atoms with Crippen molar-refractivity contribution in [3.8, 4) is 0 Å². The van der Waals surface area contributed by atoms with Gasteiger partial charge in [0, 0.05) is 23.1 Å². The molecular weight excluding hydrogens is 286 g/mol. The molecule has 18 heavy (non-hydrogen) atoms. The van der Waals surface area contributed by atoms with Gasteiger partial charge in [-0.25, -0.2) is 0 Å². The first-order valence-electron chi connectivity index (χ1n) is 5.53. The predicted molar refractivity (Wildman–Crippen MR) is 69.6 cm³/mol. The number of anilines is 1. The van der Waals surface area contributed by atoms with Gasteiger partial charge in [-0.3, -0.25) is 0 Å². The summed E-state index contributed by atoms with van der Waals surface area (Å²) in [6, 6.07) is 4.81. The molecule has 1 nitrogen and oxygen atoms in total. The standard InChI is InChI=1S/C12H14Cl2F3N/c1-2-5-18(8-12(15,16)17)11-6-10(14)4-3-9(11)7-13/h3-4,6H,2,5,7-8H2,1H3. The molecule has 0 heterocycles. The van der Waals surface area contributed by atoms with Gasteiger partial charge in [0.25, 0.3) is 0 Å². The van der Waals surface area contributed by atoms with Gasteiger partial charge in [0.05, 0.1) is 0 Å². The zero-order chi connectivity index (χ0) is 13.8. The summed E-state index contributed by atoms with van der Waals surface area (Å²) < 4.78 is 37.6. The summed E-state index contributed by atoms with van der Waals surface area (Å²) in [5.41, 5.74) is 1.11. The maximum atomic E-state index is 12.5. The molecule has 0 aliphatic heterocycles. The van der Waals surface area contributed by atoms with E-state index in [1.54, 1.807) is 12.1 Å². The third-order valence-corrected chi connectivity index (χ3v) is 2.92.